The second-order valence-electron chi connectivity index (χ2n) is 5.19. The standard InChI is InChI=1S/C18H19NO4/c20-17(21)12-16(11-14-7-3-1-4-8-14)19-18(22)23-13-15-9-5-2-6-10-15/h1-10,16H,11-13H2,(H,19,22)(H,20,21)/t16-/m1/s1. The van der Waals surface area contributed by atoms with Gasteiger partial charge in [-0.2, -0.15) is 0 Å². The van der Waals surface area contributed by atoms with Crippen molar-refractivity contribution in [2.75, 3.05) is 0 Å². The van der Waals surface area contributed by atoms with Gasteiger partial charge in [-0.25, -0.2) is 4.79 Å². The minimum Gasteiger partial charge on any atom is -0.481 e. The maximum absolute atomic E-state index is 11.9. The van der Waals surface area contributed by atoms with E-state index in [1.165, 1.54) is 0 Å². The summed E-state index contributed by atoms with van der Waals surface area (Å²) < 4.78 is 5.13. The first-order chi connectivity index (χ1) is 11.1. The van der Waals surface area contributed by atoms with Crippen LogP contribution >= 0.6 is 0 Å². The minimum atomic E-state index is -0.964. The van der Waals surface area contributed by atoms with Gasteiger partial charge in [-0.15, -0.1) is 0 Å². The molecule has 0 saturated carbocycles. The van der Waals surface area contributed by atoms with Crippen molar-refractivity contribution < 1.29 is 19.4 Å². The van der Waals surface area contributed by atoms with Gasteiger partial charge in [0.1, 0.15) is 6.61 Å². The van der Waals surface area contributed by atoms with E-state index in [1.54, 1.807) is 0 Å². The lowest BCUT2D eigenvalue weighted by molar-refractivity contribution is -0.137. The van der Waals surface area contributed by atoms with E-state index in [0.29, 0.717) is 6.42 Å². The number of carboxylic acid groups (broad SMARTS) is 1. The highest BCUT2D eigenvalue weighted by Crippen LogP contribution is 2.07. The van der Waals surface area contributed by atoms with Crippen LogP contribution in [-0.2, 0) is 22.6 Å². The van der Waals surface area contributed by atoms with Gasteiger partial charge in [0.25, 0.3) is 0 Å². The quantitative estimate of drug-likeness (QED) is 0.824. The number of benzene rings is 2. The normalized spacial score (nSPS) is 11.5. The number of carboxylic acids is 1. The Hall–Kier alpha value is -2.82. The lowest BCUT2D eigenvalue weighted by atomic mass is 10.0. The third-order valence-corrected chi connectivity index (χ3v) is 3.28. The molecule has 2 N–H and O–H groups in total. The Morgan fingerprint density at radius 1 is 0.957 bits per heavy atom. The fraction of sp³-hybridized carbons (Fsp3) is 0.222. The first kappa shape index (κ1) is 16.5. The summed E-state index contributed by atoms with van der Waals surface area (Å²) in [5, 5.41) is 11.6. The Labute approximate surface area is 134 Å². The molecule has 0 spiro atoms. The molecule has 2 rings (SSSR count). The Bertz CT molecular complexity index is 628. The van der Waals surface area contributed by atoms with Gasteiger partial charge < -0.3 is 15.2 Å². The predicted molar refractivity (Wildman–Crippen MR) is 85.9 cm³/mol. The molecule has 0 fully saturated rings. The summed E-state index contributed by atoms with van der Waals surface area (Å²) in [6.45, 7) is 0.151. The van der Waals surface area contributed by atoms with Crippen LogP contribution in [0.25, 0.3) is 0 Å². The molecule has 0 bridgehead atoms. The Kier molecular flexibility index (Phi) is 6.17. The lowest BCUT2D eigenvalue weighted by Gasteiger charge is -2.17. The van der Waals surface area contributed by atoms with E-state index >= 15 is 0 Å². The van der Waals surface area contributed by atoms with E-state index in [2.05, 4.69) is 5.32 Å². The van der Waals surface area contributed by atoms with E-state index in [4.69, 9.17) is 9.84 Å². The molecule has 0 aliphatic heterocycles. The molecule has 5 heteroatoms. The highest BCUT2D eigenvalue weighted by atomic mass is 16.5. The van der Waals surface area contributed by atoms with Gasteiger partial charge in [0.2, 0.25) is 0 Å². The largest absolute Gasteiger partial charge is 0.481 e. The van der Waals surface area contributed by atoms with Crippen LogP contribution in [0.3, 0.4) is 0 Å². The number of hydrogen-bond acceptors (Lipinski definition) is 3. The molecule has 2 aromatic carbocycles. The number of rotatable bonds is 7. The SMILES string of the molecule is O=C(O)C[C@@H](Cc1ccccc1)NC(=O)OCc1ccccc1. The maximum atomic E-state index is 11.9. The van der Waals surface area contributed by atoms with E-state index in [-0.39, 0.29) is 13.0 Å². The summed E-state index contributed by atoms with van der Waals surface area (Å²) in [5.41, 5.74) is 1.84. The number of amides is 1. The summed E-state index contributed by atoms with van der Waals surface area (Å²) in [7, 11) is 0. The van der Waals surface area contributed by atoms with Crippen LogP contribution < -0.4 is 5.32 Å². The number of alkyl carbamates (subject to hydrolysis) is 1. The smallest absolute Gasteiger partial charge is 0.407 e. The molecule has 0 aliphatic carbocycles. The van der Waals surface area contributed by atoms with Crippen LogP contribution in [0, 0.1) is 0 Å². The molecule has 1 amide bonds. The third kappa shape index (κ3) is 6.22. The van der Waals surface area contributed by atoms with Crippen molar-refractivity contribution in [3.05, 3.63) is 71.8 Å². The number of nitrogens with one attached hydrogen (secondary N) is 1. The van der Waals surface area contributed by atoms with Crippen molar-refractivity contribution in [2.24, 2.45) is 0 Å². The highest BCUT2D eigenvalue weighted by Gasteiger charge is 2.17. The van der Waals surface area contributed by atoms with Gasteiger partial charge in [0.15, 0.2) is 0 Å². The lowest BCUT2D eigenvalue weighted by Crippen LogP contribution is -2.38. The molecule has 0 unspecified atom stereocenters. The highest BCUT2D eigenvalue weighted by molar-refractivity contribution is 5.71. The van der Waals surface area contributed by atoms with Crippen molar-refractivity contribution in [3.8, 4) is 0 Å². The molecule has 0 saturated heterocycles. The van der Waals surface area contributed by atoms with Crippen molar-refractivity contribution in [1.82, 2.24) is 5.32 Å². The molecule has 0 radical (unpaired) electrons. The molecular weight excluding hydrogens is 294 g/mol. The fourth-order valence-electron chi connectivity index (χ4n) is 2.22. The molecule has 0 aromatic heterocycles. The molecule has 120 valence electrons. The van der Waals surface area contributed by atoms with E-state index in [9.17, 15) is 9.59 Å². The predicted octanol–water partition coefficient (Wildman–Crippen LogP) is 3.00. The zero-order valence-corrected chi connectivity index (χ0v) is 12.6. The molecule has 2 aromatic rings. The summed E-state index contributed by atoms with van der Waals surface area (Å²) in [5.74, 6) is -0.964. The number of carbonyl (C=O) groups excluding carboxylic acids is 1. The maximum Gasteiger partial charge on any atom is 0.407 e. The average Bonchev–Trinajstić information content (AvgIpc) is 2.54. The van der Waals surface area contributed by atoms with Gasteiger partial charge in [-0.05, 0) is 17.5 Å². The molecule has 0 heterocycles. The fourth-order valence-corrected chi connectivity index (χ4v) is 2.22. The summed E-state index contributed by atoms with van der Waals surface area (Å²) in [6.07, 6.45) is -0.334. The second-order valence-corrected chi connectivity index (χ2v) is 5.19. The van der Waals surface area contributed by atoms with E-state index in [1.807, 2.05) is 60.7 Å². The second kappa shape index (κ2) is 8.58. The Balaban J connectivity index is 1.88. The first-order valence-corrected chi connectivity index (χ1v) is 7.36. The third-order valence-electron chi connectivity index (χ3n) is 3.28. The van der Waals surface area contributed by atoms with Crippen LogP contribution in [0.4, 0.5) is 4.79 Å². The Morgan fingerprint density at radius 2 is 1.52 bits per heavy atom. The van der Waals surface area contributed by atoms with Gasteiger partial charge >= 0.3 is 12.1 Å². The number of aliphatic carboxylic acids is 1. The number of carbonyl (C=O) groups is 2. The number of hydrogen-bond donors (Lipinski definition) is 2. The van der Waals surface area contributed by atoms with E-state index in [0.717, 1.165) is 11.1 Å². The van der Waals surface area contributed by atoms with Crippen LogP contribution in [0.5, 0.6) is 0 Å². The summed E-state index contributed by atoms with van der Waals surface area (Å²) in [6, 6.07) is 18.2. The zero-order valence-electron chi connectivity index (χ0n) is 12.6. The minimum absolute atomic E-state index is 0.151. The molecule has 23 heavy (non-hydrogen) atoms. The molecule has 5 nitrogen and oxygen atoms in total. The van der Waals surface area contributed by atoms with Crippen LogP contribution in [0.2, 0.25) is 0 Å². The molecular formula is C18H19NO4. The number of ether oxygens (including phenoxy) is 1. The monoisotopic (exact) mass is 313 g/mol. The van der Waals surface area contributed by atoms with Gasteiger partial charge in [0.05, 0.1) is 6.42 Å². The van der Waals surface area contributed by atoms with Crippen LogP contribution in [0.1, 0.15) is 17.5 Å². The Morgan fingerprint density at radius 3 is 2.09 bits per heavy atom. The molecule has 1 atom stereocenters. The van der Waals surface area contributed by atoms with E-state index < -0.39 is 18.1 Å². The van der Waals surface area contributed by atoms with Crippen molar-refractivity contribution >= 4 is 12.1 Å². The van der Waals surface area contributed by atoms with Gasteiger partial charge in [0, 0.05) is 6.04 Å². The van der Waals surface area contributed by atoms with Crippen LogP contribution in [0.15, 0.2) is 60.7 Å². The van der Waals surface area contributed by atoms with Crippen molar-refractivity contribution in [3.63, 3.8) is 0 Å². The summed E-state index contributed by atoms with van der Waals surface area (Å²) in [4.78, 5) is 22.8. The summed E-state index contributed by atoms with van der Waals surface area (Å²) >= 11 is 0. The van der Waals surface area contributed by atoms with Crippen LogP contribution in [-0.4, -0.2) is 23.2 Å². The van der Waals surface area contributed by atoms with Crippen molar-refractivity contribution in [1.29, 1.82) is 0 Å². The topological polar surface area (TPSA) is 75.6 Å². The zero-order chi connectivity index (χ0) is 16.5. The van der Waals surface area contributed by atoms with Gasteiger partial charge in [-0.1, -0.05) is 60.7 Å². The first-order valence-electron chi connectivity index (χ1n) is 7.36. The van der Waals surface area contributed by atoms with Crippen molar-refractivity contribution in [2.45, 2.75) is 25.5 Å². The average molecular weight is 313 g/mol. The van der Waals surface area contributed by atoms with Gasteiger partial charge in [-0.3, -0.25) is 4.79 Å². The molecule has 0 aliphatic rings.